The number of amides is 3. The number of cyclic esters (lactones) is 1. The van der Waals surface area contributed by atoms with Gasteiger partial charge in [-0.2, -0.15) is 4.98 Å². The summed E-state index contributed by atoms with van der Waals surface area (Å²) >= 11 is 3.41. The SMILES string of the molecule is CC(C)(C(N)=O)C(=O)NCCCNc1nc(Nc2ccc(NC(=O)C3CCC(=O)O3)cc2)ncc1Br. The molecule has 1 saturated heterocycles. The zero-order valence-corrected chi connectivity index (χ0v) is 21.5. The first-order valence-corrected chi connectivity index (χ1v) is 12.1. The van der Waals surface area contributed by atoms with Gasteiger partial charge in [0, 0.05) is 43.5 Å². The second kappa shape index (κ2) is 11.8. The lowest BCUT2D eigenvalue weighted by Gasteiger charge is -2.19. The smallest absolute Gasteiger partial charge is 0.306 e. The molecule has 36 heavy (non-hydrogen) atoms. The van der Waals surface area contributed by atoms with Gasteiger partial charge in [0.15, 0.2) is 6.10 Å². The number of nitrogens with two attached hydrogens (primary N) is 1. The standard InChI is InChI=1S/C23H28BrN7O5/c1-23(2,20(25)34)21(35)27-11-3-10-26-18-15(24)12-28-22(31-18)30-14-6-4-13(5-7-14)29-19(33)16-8-9-17(32)36-16/h4-7,12,16H,3,8-11H2,1-2H3,(H2,25,34)(H,27,35)(H,29,33)(H2,26,28,30,31). The second-order valence-corrected chi connectivity index (χ2v) is 9.48. The third kappa shape index (κ3) is 7.13. The number of benzene rings is 1. The Hall–Kier alpha value is -3.74. The normalized spacial score (nSPS) is 15.1. The Bertz CT molecular complexity index is 1140. The lowest BCUT2D eigenvalue weighted by molar-refractivity contribution is -0.146. The number of nitrogens with zero attached hydrogens (tertiary/aromatic N) is 2. The number of halogens is 1. The highest BCUT2D eigenvalue weighted by Gasteiger charge is 2.33. The van der Waals surface area contributed by atoms with E-state index in [4.69, 9.17) is 10.5 Å². The van der Waals surface area contributed by atoms with Crippen LogP contribution in [0, 0.1) is 5.41 Å². The summed E-state index contributed by atoms with van der Waals surface area (Å²) in [5, 5.41) is 11.7. The first-order valence-electron chi connectivity index (χ1n) is 11.3. The van der Waals surface area contributed by atoms with Crippen LogP contribution >= 0.6 is 15.9 Å². The van der Waals surface area contributed by atoms with Gasteiger partial charge >= 0.3 is 5.97 Å². The zero-order valence-electron chi connectivity index (χ0n) is 19.9. The second-order valence-electron chi connectivity index (χ2n) is 8.62. The van der Waals surface area contributed by atoms with Gasteiger partial charge in [-0.1, -0.05) is 0 Å². The quantitative estimate of drug-likeness (QED) is 0.156. The van der Waals surface area contributed by atoms with Crippen LogP contribution in [0.4, 0.5) is 23.1 Å². The molecular formula is C23H28BrN7O5. The van der Waals surface area contributed by atoms with Crippen molar-refractivity contribution in [3.05, 3.63) is 34.9 Å². The molecule has 12 nitrogen and oxygen atoms in total. The van der Waals surface area contributed by atoms with E-state index >= 15 is 0 Å². The fraction of sp³-hybridized carbons (Fsp3) is 0.391. The molecule has 192 valence electrons. The van der Waals surface area contributed by atoms with E-state index < -0.39 is 23.3 Å². The van der Waals surface area contributed by atoms with Gasteiger partial charge in [-0.3, -0.25) is 19.2 Å². The number of primary amides is 1. The molecule has 6 N–H and O–H groups in total. The number of esters is 1. The Morgan fingerprint density at radius 1 is 1.17 bits per heavy atom. The Labute approximate surface area is 216 Å². The molecule has 13 heteroatoms. The molecule has 0 aliphatic carbocycles. The maximum Gasteiger partial charge on any atom is 0.306 e. The molecule has 2 heterocycles. The van der Waals surface area contributed by atoms with E-state index in [1.54, 1.807) is 30.5 Å². The van der Waals surface area contributed by atoms with Crippen molar-refractivity contribution in [3.8, 4) is 0 Å². The molecule has 1 aromatic carbocycles. The molecule has 1 fully saturated rings. The van der Waals surface area contributed by atoms with Crippen molar-refractivity contribution in [2.75, 3.05) is 29.0 Å². The highest BCUT2D eigenvalue weighted by molar-refractivity contribution is 9.10. The minimum Gasteiger partial charge on any atom is -0.452 e. The van der Waals surface area contributed by atoms with Gasteiger partial charge in [-0.25, -0.2) is 4.98 Å². The number of aromatic nitrogens is 2. The fourth-order valence-electron chi connectivity index (χ4n) is 3.08. The molecule has 3 rings (SSSR count). The highest BCUT2D eigenvalue weighted by atomic mass is 79.9. The average molecular weight is 562 g/mol. The molecule has 1 aromatic heterocycles. The molecule has 1 aliphatic rings. The summed E-state index contributed by atoms with van der Waals surface area (Å²) in [6.45, 7) is 3.83. The minimum absolute atomic E-state index is 0.247. The van der Waals surface area contributed by atoms with Gasteiger partial charge < -0.3 is 31.7 Å². The molecule has 0 saturated carbocycles. The Balaban J connectivity index is 1.48. The van der Waals surface area contributed by atoms with Crippen LogP contribution < -0.4 is 27.0 Å². The van der Waals surface area contributed by atoms with Crippen LogP contribution in [0.15, 0.2) is 34.9 Å². The average Bonchev–Trinajstić information content (AvgIpc) is 3.28. The summed E-state index contributed by atoms with van der Waals surface area (Å²) in [6.07, 6.45) is 2.07. The maximum atomic E-state index is 12.2. The Morgan fingerprint density at radius 3 is 2.50 bits per heavy atom. The molecule has 2 aromatic rings. The summed E-state index contributed by atoms with van der Waals surface area (Å²) < 4.78 is 5.63. The molecule has 0 radical (unpaired) electrons. The highest BCUT2D eigenvalue weighted by Crippen LogP contribution is 2.23. The number of hydrogen-bond donors (Lipinski definition) is 5. The van der Waals surface area contributed by atoms with Gasteiger partial charge in [0.1, 0.15) is 11.2 Å². The van der Waals surface area contributed by atoms with Crippen molar-refractivity contribution >= 4 is 62.8 Å². The number of nitrogens with one attached hydrogen (secondary N) is 4. The van der Waals surface area contributed by atoms with Gasteiger partial charge in [-0.05, 0) is 60.5 Å². The lowest BCUT2D eigenvalue weighted by Crippen LogP contribution is -2.46. The van der Waals surface area contributed by atoms with Crippen LogP contribution in [0.3, 0.4) is 0 Å². The van der Waals surface area contributed by atoms with Gasteiger partial charge in [0.05, 0.1) is 4.47 Å². The van der Waals surface area contributed by atoms with Crippen molar-refractivity contribution in [2.45, 2.75) is 39.2 Å². The van der Waals surface area contributed by atoms with E-state index in [0.29, 0.717) is 53.5 Å². The largest absolute Gasteiger partial charge is 0.452 e. The summed E-state index contributed by atoms with van der Waals surface area (Å²) in [5.74, 6) is -0.909. The molecule has 1 aliphatic heterocycles. The lowest BCUT2D eigenvalue weighted by atomic mass is 9.91. The van der Waals surface area contributed by atoms with Gasteiger partial charge in [0.25, 0.3) is 5.91 Å². The van der Waals surface area contributed by atoms with Gasteiger partial charge in [0.2, 0.25) is 17.8 Å². The van der Waals surface area contributed by atoms with E-state index in [1.165, 1.54) is 13.8 Å². The monoisotopic (exact) mass is 561 g/mol. The zero-order chi connectivity index (χ0) is 26.3. The summed E-state index contributed by atoms with van der Waals surface area (Å²) in [6, 6.07) is 6.93. The summed E-state index contributed by atoms with van der Waals surface area (Å²) in [4.78, 5) is 55.4. The molecule has 0 spiro atoms. The Morgan fingerprint density at radius 2 is 1.86 bits per heavy atom. The van der Waals surface area contributed by atoms with Gasteiger partial charge in [-0.15, -0.1) is 0 Å². The molecule has 1 atom stereocenters. The number of rotatable bonds is 11. The van der Waals surface area contributed by atoms with Crippen LogP contribution in [0.2, 0.25) is 0 Å². The summed E-state index contributed by atoms with van der Waals surface area (Å²) in [7, 11) is 0. The first-order chi connectivity index (χ1) is 17.1. The third-order valence-electron chi connectivity index (χ3n) is 5.44. The fourth-order valence-corrected chi connectivity index (χ4v) is 3.41. The van der Waals surface area contributed by atoms with Crippen molar-refractivity contribution in [1.82, 2.24) is 15.3 Å². The first kappa shape index (κ1) is 26.9. The van der Waals surface area contributed by atoms with Crippen molar-refractivity contribution < 1.29 is 23.9 Å². The topological polar surface area (TPSA) is 177 Å². The van der Waals surface area contributed by atoms with E-state index in [-0.39, 0.29) is 18.3 Å². The van der Waals surface area contributed by atoms with E-state index in [1.807, 2.05) is 0 Å². The van der Waals surface area contributed by atoms with Crippen molar-refractivity contribution in [1.29, 1.82) is 0 Å². The number of ether oxygens (including phenoxy) is 1. The molecular weight excluding hydrogens is 534 g/mol. The van der Waals surface area contributed by atoms with Crippen LogP contribution in [0.5, 0.6) is 0 Å². The predicted molar refractivity (Wildman–Crippen MR) is 136 cm³/mol. The molecule has 3 amide bonds. The van der Waals surface area contributed by atoms with Crippen molar-refractivity contribution in [3.63, 3.8) is 0 Å². The van der Waals surface area contributed by atoms with E-state index in [2.05, 4.69) is 47.2 Å². The van der Waals surface area contributed by atoms with E-state index in [0.717, 1.165) is 0 Å². The minimum atomic E-state index is -1.27. The van der Waals surface area contributed by atoms with Crippen LogP contribution in [0.1, 0.15) is 33.1 Å². The number of hydrogen-bond acceptors (Lipinski definition) is 9. The number of carbonyl (C=O) groups is 4. The molecule has 0 bridgehead atoms. The third-order valence-corrected chi connectivity index (χ3v) is 6.03. The predicted octanol–water partition coefficient (Wildman–Crippen LogP) is 2.06. The number of carbonyl (C=O) groups excluding carboxylic acids is 4. The van der Waals surface area contributed by atoms with Crippen LogP contribution in [0.25, 0.3) is 0 Å². The van der Waals surface area contributed by atoms with Crippen LogP contribution in [-0.4, -0.2) is 52.9 Å². The van der Waals surface area contributed by atoms with Crippen molar-refractivity contribution in [2.24, 2.45) is 11.1 Å². The molecule has 1 unspecified atom stereocenters. The maximum absolute atomic E-state index is 12.2. The summed E-state index contributed by atoms with van der Waals surface area (Å²) in [5.41, 5.74) is 5.25. The number of anilines is 4. The Kier molecular flexibility index (Phi) is 8.80. The van der Waals surface area contributed by atoms with E-state index in [9.17, 15) is 19.2 Å². The van der Waals surface area contributed by atoms with Crippen LogP contribution in [-0.2, 0) is 23.9 Å².